The summed E-state index contributed by atoms with van der Waals surface area (Å²) in [7, 11) is 0. The van der Waals surface area contributed by atoms with Crippen molar-refractivity contribution in [1.82, 2.24) is 0 Å². The van der Waals surface area contributed by atoms with Crippen LogP contribution in [-0.4, -0.2) is 0 Å². The first kappa shape index (κ1) is 12.0. The Kier molecular flexibility index (Phi) is 4.89. The largest absolute Gasteiger partial charge is 0.0654 e. The van der Waals surface area contributed by atoms with Crippen LogP contribution in [0.1, 0.15) is 60.8 Å². The van der Waals surface area contributed by atoms with Crippen LogP contribution in [0.5, 0.6) is 0 Å². The lowest BCUT2D eigenvalue weighted by atomic mass is 9.69. The predicted octanol–water partition coefficient (Wildman–Crippen LogP) is 4.49. The third-order valence-electron chi connectivity index (χ3n) is 3.32. The zero-order valence-electron chi connectivity index (χ0n) is 9.78. The van der Waals surface area contributed by atoms with Crippen molar-refractivity contribution in [2.75, 3.05) is 0 Å². The monoisotopic (exact) mass is 170 g/mol. The van der Waals surface area contributed by atoms with E-state index in [2.05, 4.69) is 41.5 Å². The standard InChI is InChI=1S/C12H26/c1-7-9-11(10(3)4)12(5,6)8-2/h10-11H,7-9H2,1-6H3. The highest BCUT2D eigenvalue weighted by Gasteiger charge is 2.28. The molecule has 0 heteroatoms. The lowest BCUT2D eigenvalue weighted by Crippen LogP contribution is -2.27. The van der Waals surface area contributed by atoms with E-state index in [0.717, 1.165) is 11.8 Å². The van der Waals surface area contributed by atoms with Gasteiger partial charge in [0.2, 0.25) is 0 Å². The first-order valence-corrected chi connectivity index (χ1v) is 5.45. The number of hydrogen-bond acceptors (Lipinski definition) is 0. The summed E-state index contributed by atoms with van der Waals surface area (Å²) in [4.78, 5) is 0. The number of hydrogen-bond donors (Lipinski definition) is 0. The van der Waals surface area contributed by atoms with Gasteiger partial charge in [-0.15, -0.1) is 0 Å². The smallest absolute Gasteiger partial charge is 0.0326 e. The molecule has 0 aromatic carbocycles. The van der Waals surface area contributed by atoms with E-state index in [9.17, 15) is 0 Å². The molecule has 74 valence electrons. The van der Waals surface area contributed by atoms with E-state index in [1.54, 1.807) is 0 Å². The lowest BCUT2D eigenvalue weighted by molar-refractivity contribution is 0.138. The highest BCUT2D eigenvalue weighted by atomic mass is 14.3. The molecule has 0 aliphatic rings. The van der Waals surface area contributed by atoms with E-state index in [1.165, 1.54) is 19.3 Å². The van der Waals surface area contributed by atoms with Gasteiger partial charge in [-0.25, -0.2) is 0 Å². The van der Waals surface area contributed by atoms with Crippen LogP contribution in [0.15, 0.2) is 0 Å². The molecule has 0 aliphatic carbocycles. The molecule has 0 bridgehead atoms. The van der Waals surface area contributed by atoms with Crippen LogP contribution in [0.4, 0.5) is 0 Å². The molecule has 1 atom stereocenters. The molecule has 0 spiro atoms. The summed E-state index contributed by atoms with van der Waals surface area (Å²) in [6, 6.07) is 0. The van der Waals surface area contributed by atoms with Crippen molar-refractivity contribution in [2.24, 2.45) is 17.3 Å². The maximum Gasteiger partial charge on any atom is -0.0326 e. The van der Waals surface area contributed by atoms with Crippen molar-refractivity contribution in [2.45, 2.75) is 60.8 Å². The van der Waals surface area contributed by atoms with Crippen LogP contribution in [0.3, 0.4) is 0 Å². The van der Waals surface area contributed by atoms with Crippen molar-refractivity contribution < 1.29 is 0 Å². The summed E-state index contributed by atoms with van der Waals surface area (Å²) in [5.41, 5.74) is 0.532. The molecule has 0 saturated heterocycles. The Morgan fingerprint density at radius 1 is 1.08 bits per heavy atom. The Labute approximate surface area is 78.8 Å². The Morgan fingerprint density at radius 3 is 1.83 bits per heavy atom. The molecule has 0 nitrogen and oxygen atoms in total. The van der Waals surface area contributed by atoms with Gasteiger partial charge in [0, 0.05) is 0 Å². The maximum atomic E-state index is 2.41. The van der Waals surface area contributed by atoms with E-state index < -0.39 is 0 Å². The Bertz CT molecular complexity index is 111. The molecule has 0 heterocycles. The van der Waals surface area contributed by atoms with E-state index in [0.29, 0.717) is 5.41 Å². The van der Waals surface area contributed by atoms with Crippen LogP contribution in [0.2, 0.25) is 0 Å². The van der Waals surface area contributed by atoms with Gasteiger partial charge in [-0.05, 0) is 23.7 Å². The van der Waals surface area contributed by atoms with Crippen LogP contribution in [0.25, 0.3) is 0 Å². The Balaban J connectivity index is 4.27. The molecule has 0 aliphatic heterocycles. The summed E-state index contributed by atoms with van der Waals surface area (Å²) in [5.74, 6) is 1.73. The minimum absolute atomic E-state index is 0.532. The van der Waals surface area contributed by atoms with Crippen LogP contribution < -0.4 is 0 Å². The fourth-order valence-electron chi connectivity index (χ4n) is 2.20. The molecule has 0 saturated carbocycles. The zero-order valence-corrected chi connectivity index (χ0v) is 9.78. The normalized spacial score (nSPS) is 15.2. The van der Waals surface area contributed by atoms with Gasteiger partial charge in [0.1, 0.15) is 0 Å². The van der Waals surface area contributed by atoms with Crippen molar-refractivity contribution in [3.63, 3.8) is 0 Å². The summed E-state index contributed by atoms with van der Waals surface area (Å²) in [6.07, 6.45) is 4.01. The van der Waals surface area contributed by atoms with Gasteiger partial charge in [-0.1, -0.05) is 54.4 Å². The molecule has 0 amide bonds. The minimum Gasteiger partial charge on any atom is -0.0654 e. The van der Waals surface area contributed by atoms with Crippen molar-refractivity contribution in [3.8, 4) is 0 Å². The van der Waals surface area contributed by atoms with E-state index in [1.807, 2.05) is 0 Å². The molecular weight excluding hydrogens is 144 g/mol. The van der Waals surface area contributed by atoms with Gasteiger partial charge < -0.3 is 0 Å². The van der Waals surface area contributed by atoms with E-state index in [-0.39, 0.29) is 0 Å². The van der Waals surface area contributed by atoms with Gasteiger partial charge in [-0.2, -0.15) is 0 Å². The highest BCUT2D eigenvalue weighted by molar-refractivity contribution is 4.78. The molecule has 0 N–H and O–H groups in total. The number of rotatable bonds is 5. The van der Waals surface area contributed by atoms with Crippen LogP contribution in [-0.2, 0) is 0 Å². The first-order valence-electron chi connectivity index (χ1n) is 5.45. The SMILES string of the molecule is CCCC(C(C)C)C(C)(C)CC. The molecular formula is C12H26. The molecule has 0 aromatic heterocycles. The highest BCUT2D eigenvalue weighted by Crippen LogP contribution is 2.38. The maximum absolute atomic E-state index is 2.41. The molecule has 1 unspecified atom stereocenters. The summed E-state index contributed by atoms with van der Waals surface area (Å²) in [6.45, 7) is 14.1. The van der Waals surface area contributed by atoms with Gasteiger partial charge in [0.25, 0.3) is 0 Å². The van der Waals surface area contributed by atoms with Crippen molar-refractivity contribution in [3.05, 3.63) is 0 Å². The second-order valence-corrected chi connectivity index (χ2v) is 4.98. The summed E-state index contributed by atoms with van der Waals surface area (Å²) in [5, 5.41) is 0. The Hall–Kier alpha value is 0. The molecule has 12 heavy (non-hydrogen) atoms. The quantitative estimate of drug-likeness (QED) is 0.570. The fourth-order valence-corrected chi connectivity index (χ4v) is 2.20. The average molecular weight is 170 g/mol. The first-order chi connectivity index (χ1) is 5.45. The van der Waals surface area contributed by atoms with Crippen molar-refractivity contribution >= 4 is 0 Å². The second-order valence-electron chi connectivity index (χ2n) is 4.98. The summed E-state index contributed by atoms with van der Waals surface area (Å²) < 4.78 is 0. The molecule has 0 aromatic rings. The Morgan fingerprint density at radius 2 is 1.58 bits per heavy atom. The molecule has 0 radical (unpaired) electrons. The second kappa shape index (κ2) is 4.89. The van der Waals surface area contributed by atoms with Crippen molar-refractivity contribution in [1.29, 1.82) is 0 Å². The molecule has 0 fully saturated rings. The van der Waals surface area contributed by atoms with Gasteiger partial charge in [0.05, 0.1) is 0 Å². The average Bonchev–Trinajstić information content (AvgIpc) is 1.99. The fraction of sp³-hybridized carbons (Fsp3) is 1.00. The van der Waals surface area contributed by atoms with Crippen LogP contribution >= 0.6 is 0 Å². The van der Waals surface area contributed by atoms with Crippen LogP contribution in [0, 0.1) is 17.3 Å². The van der Waals surface area contributed by atoms with Gasteiger partial charge >= 0.3 is 0 Å². The third-order valence-corrected chi connectivity index (χ3v) is 3.32. The zero-order chi connectivity index (χ0) is 9.78. The van der Waals surface area contributed by atoms with E-state index >= 15 is 0 Å². The summed E-state index contributed by atoms with van der Waals surface area (Å²) >= 11 is 0. The topological polar surface area (TPSA) is 0 Å². The van der Waals surface area contributed by atoms with E-state index in [4.69, 9.17) is 0 Å². The lowest BCUT2D eigenvalue weighted by Gasteiger charge is -2.36. The predicted molar refractivity (Wildman–Crippen MR) is 57.3 cm³/mol. The minimum atomic E-state index is 0.532. The van der Waals surface area contributed by atoms with Gasteiger partial charge in [0.15, 0.2) is 0 Å². The molecule has 0 rings (SSSR count). The third kappa shape index (κ3) is 3.16. The van der Waals surface area contributed by atoms with Gasteiger partial charge in [-0.3, -0.25) is 0 Å².